The van der Waals surface area contributed by atoms with Crippen LogP contribution < -0.4 is 10.5 Å². The lowest BCUT2D eigenvalue weighted by atomic mass is 10.1. The highest BCUT2D eigenvalue weighted by Crippen LogP contribution is 2.20. The highest BCUT2D eigenvalue weighted by molar-refractivity contribution is 5.66. The molecule has 0 spiro atoms. The van der Waals surface area contributed by atoms with Crippen LogP contribution in [0.4, 0.5) is 5.69 Å². The monoisotopic (exact) mass is 218 g/mol. The minimum Gasteiger partial charge on any atom is -0.497 e. The second kappa shape index (κ2) is 6.37. The largest absolute Gasteiger partial charge is 0.497 e. The van der Waals surface area contributed by atoms with Crippen molar-refractivity contribution in [1.82, 2.24) is 0 Å². The zero-order valence-corrected chi connectivity index (χ0v) is 9.13. The van der Waals surface area contributed by atoms with Gasteiger partial charge in [-0.1, -0.05) is 17.3 Å². The number of methoxy groups -OCH3 is 1. The van der Waals surface area contributed by atoms with Crippen LogP contribution in [0.3, 0.4) is 0 Å². The van der Waals surface area contributed by atoms with E-state index < -0.39 is 0 Å². The van der Waals surface area contributed by atoms with Gasteiger partial charge in [-0.2, -0.15) is 0 Å². The molecule has 0 fully saturated rings. The van der Waals surface area contributed by atoms with Crippen molar-refractivity contribution in [2.45, 2.75) is 6.42 Å². The topological polar surface area (TPSA) is 84.0 Å². The van der Waals surface area contributed by atoms with Gasteiger partial charge in [-0.05, 0) is 29.6 Å². The lowest BCUT2D eigenvalue weighted by Crippen LogP contribution is -1.91. The lowest BCUT2D eigenvalue weighted by molar-refractivity contribution is 0.415. The van der Waals surface area contributed by atoms with Crippen LogP contribution in [-0.2, 0) is 0 Å². The Kier molecular flexibility index (Phi) is 4.76. The van der Waals surface area contributed by atoms with E-state index in [4.69, 9.17) is 16.0 Å². The van der Waals surface area contributed by atoms with Crippen molar-refractivity contribution in [3.8, 4) is 5.75 Å². The third-order valence-corrected chi connectivity index (χ3v) is 2.05. The summed E-state index contributed by atoms with van der Waals surface area (Å²) in [6.45, 7) is 0.461. The fourth-order valence-electron chi connectivity index (χ4n) is 1.22. The number of rotatable bonds is 5. The summed E-state index contributed by atoms with van der Waals surface area (Å²) < 4.78 is 5.05. The smallest absolute Gasteiger partial charge is 0.120 e. The zero-order chi connectivity index (χ0) is 11.8. The number of nitrogens with two attached hydrogens (primary N) is 1. The molecule has 0 bridgehead atoms. The van der Waals surface area contributed by atoms with E-state index in [0.717, 1.165) is 11.3 Å². The Morgan fingerprint density at radius 1 is 1.56 bits per heavy atom. The molecule has 0 unspecified atom stereocenters. The van der Waals surface area contributed by atoms with Crippen LogP contribution in [0, 0.1) is 0 Å². The third-order valence-electron chi connectivity index (χ3n) is 2.05. The van der Waals surface area contributed by atoms with Crippen molar-refractivity contribution < 1.29 is 4.74 Å². The van der Waals surface area contributed by atoms with E-state index in [1.165, 1.54) is 0 Å². The van der Waals surface area contributed by atoms with Crippen molar-refractivity contribution in [1.29, 1.82) is 0 Å². The van der Waals surface area contributed by atoms with Gasteiger partial charge in [-0.3, -0.25) is 0 Å². The minimum absolute atomic E-state index is 0.461. The minimum atomic E-state index is 0.461. The molecule has 84 valence electrons. The maximum Gasteiger partial charge on any atom is 0.120 e. The van der Waals surface area contributed by atoms with Crippen molar-refractivity contribution >= 4 is 11.8 Å². The second-order valence-corrected chi connectivity index (χ2v) is 3.14. The number of nitrogens with zero attached hydrogens (tertiary/aromatic N) is 3. The number of anilines is 1. The Bertz CT molecular complexity index is 422. The maximum absolute atomic E-state index is 8.08. The first-order chi connectivity index (χ1) is 7.77. The van der Waals surface area contributed by atoms with Crippen LogP contribution >= 0.6 is 0 Å². The summed E-state index contributed by atoms with van der Waals surface area (Å²) in [5, 5.41) is 3.43. The highest BCUT2D eigenvalue weighted by atomic mass is 16.5. The van der Waals surface area contributed by atoms with Gasteiger partial charge < -0.3 is 10.5 Å². The Morgan fingerprint density at radius 3 is 3.00 bits per heavy atom. The average Bonchev–Trinajstić information content (AvgIpc) is 2.30. The second-order valence-electron chi connectivity index (χ2n) is 3.14. The highest BCUT2D eigenvalue weighted by Gasteiger charge is 1.96. The molecule has 0 aliphatic carbocycles. The predicted molar refractivity (Wildman–Crippen MR) is 65.1 cm³/mol. The molecular weight excluding hydrogens is 204 g/mol. The Hall–Kier alpha value is -2.13. The number of azide groups is 1. The van der Waals surface area contributed by atoms with Gasteiger partial charge in [-0.15, -0.1) is 0 Å². The zero-order valence-electron chi connectivity index (χ0n) is 9.13. The fraction of sp³-hybridized carbons (Fsp3) is 0.273. The van der Waals surface area contributed by atoms with Gasteiger partial charge in [0, 0.05) is 23.2 Å². The number of nitrogen functional groups attached to an aromatic ring is 1. The van der Waals surface area contributed by atoms with E-state index in [9.17, 15) is 0 Å². The van der Waals surface area contributed by atoms with E-state index in [0.29, 0.717) is 18.7 Å². The number of benzene rings is 1. The van der Waals surface area contributed by atoms with Crippen LogP contribution in [0.1, 0.15) is 12.0 Å². The van der Waals surface area contributed by atoms with Crippen molar-refractivity contribution in [3.05, 3.63) is 40.3 Å². The first-order valence-corrected chi connectivity index (χ1v) is 4.89. The molecule has 16 heavy (non-hydrogen) atoms. The molecular formula is C11H14N4O. The summed E-state index contributed by atoms with van der Waals surface area (Å²) in [7, 11) is 1.60. The van der Waals surface area contributed by atoms with Gasteiger partial charge in [0.1, 0.15) is 5.75 Å². The summed E-state index contributed by atoms with van der Waals surface area (Å²) in [6.07, 6.45) is 4.53. The van der Waals surface area contributed by atoms with E-state index in [-0.39, 0.29) is 0 Å². The van der Waals surface area contributed by atoms with Gasteiger partial charge >= 0.3 is 0 Å². The molecule has 2 N–H and O–H groups in total. The fourth-order valence-corrected chi connectivity index (χ4v) is 1.22. The molecule has 5 nitrogen and oxygen atoms in total. The first-order valence-electron chi connectivity index (χ1n) is 4.89. The predicted octanol–water partition coefficient (Wildman–Crippen LogP) is 2.99. The molecule has 0 aliphatic heterocycles. The van der Waals surface area contributed by atoms with Gasteiger partial charge in [0.05, 0.1) is 7.11 Å². The number of ether oxygens (including phenoxy) is 1. The Morgan fingerprint density at radius 2 is 2.38 bits per heavy atom. The summed E-state index contributed by atoms with van der Waals surface area (Å²) in [5.74, 6) is 0.740. The van der Waals surface area contributed by atoms with E-state index >= 15 is 0 Å². The Balaban J connectivity index is 2.63. The third kappa shape index (κ3) is 3.55. The molecule has 0 atom stereocenters. The SMILES string of the molecule is COc1ccc(C=CCCN=[N+]=[N-])c(N)c1. The lowest BCUT2D eigenvalue weighted by Gasteiger charge is -2.03. The molecule has 1 aromatic rings. The summed E-state index contributed by atoms with van der Waals surface area (Å²) >= 11 is 0. The quantitative estimate of drug-likeness (QED) is 0.271. The van der Waals surface area contributed by atoms with Crippen molar-refractivity contribution in [3.63, 3.8) is 0 Å². The Labute approximate surface area is 94.2 Å². The molecule has 1 aromatic carbocycles. The summed E-state index contributed by atoms with van der Waals surface area (Å²) in [6, 6.07) is 5.51. The van der Waals surface area contributed by atoms with E-state index in [1.54, 1.807) is 13.2 Å². The van der Waals surface area contributed by atoms with E-state index in [2.05, 4.69) is 10.0 Å². The van der Waals surface area contributed by atoms with E-state index in [1.807, 2.05) is 24.3 Å². The van der Waals surface area contributed by atoms with Crippen molar-refractivity contribution in [2.24, 2.45) is 5.11 Å². The molecule has 0 radical (unpaired) electrons. The molecule has 0 aromatic heterocycles. The van der Waals surface area contributed by atoms with Crippen molar-refractivity contribution in [2.75, 3.05) is 19.4 Å². The van der Waals surface area contributed by atoms with Crippen LogP contribution in [-0.4, -0.2) is 13.7 Å². The summed E-state index contributed by atoms with van der Waals surface area (Å²) in [5.41, 5.74) is 15.5. The molecule has 5 heteroatoms. The van der Waals surface area contributed by atoms with Gasteiger partial charge in [0.25, 0.3) is 0 Å². The normalized spacial score (nSPS) is 10.1. The number of hydrogen-bond acceptors (Lipinski definition) is 3. The maximum atomic E-state index is 8.08. The van der Waals surface area contributed by atoms with Crippen LogP contribution in [0.15, 0.2) is 29.4 Å². The van der Waals surface area contributed by atoms with Crippen LogP contribution in [0.2, 0.25) is 0 Å². The van der Waals surface area contributed by atoms with Gasteiger partial charge in [-0.25, -0.2) is 0 Å². The van der Waals surface area contributed by atoms with Crippen LogP contribution in [0.25, 0.3) is 16.5 Å². The molecule has 0 aliphatic rings. The average molecular weight is 218 g/mol. The molecule has 0 saturated carbocycles. The van der Waals surface area contributed by atoms with Gasteiger partial charge in [0.15, 0.2) is 0 Å². The number of hydrogen-bond donors (Lipinski definition) is 1. The van der Waals surface area contributed by atoms with Gasteiger partial charge in [0.2, 0.25) is 0 Å². The first kappa shape index (κ1) is 11.9. The standard InChI is InChI=1S/C11H14N4O/c1-16-10-6-5-9(11(12)8-10)4-2-3-7-14-15-13/h2,4-6,8H,3,7,12H2,1H3. The molecule has 0 saturated heterocycles. The summed E-state index contributed by atoms with van der Waals surface area (Å²) in [4.78, 5) is 2.67. The molecule has 1 rings (SSSR count). The molecule has 0 amide bonds. The van der Waals surface area contributed by atoms with Crippen LogP contribution in [0.5, 0.6) is 5.75 Å². The molecule has 0 heterocycles.